The third-order valence-electron chi connectivity index (χ3n) is 4.58. The molecule has 3 rings (SSSR count). The second kappa shape index (κ2) is 7.09. The summed E-state index contributed by atoms with van der Waals surface area (Å²) in [6, 6.07) is 11.2. The summed E-state index contributed by atoms with van der Waals surface area (Å²) in [6.07, 6.45) is 3.48. The first-order valence-corrected chi connectivity index (χ1v) is 8.54. The van der Waals surface area contributed by atoms with Gasteiger partial charge in [-0.25, -0.2) is 0 Å². The SMILES string of the molecule is CCc1cccc(-c2cc(C)c(N[C@@H]3CCCN(C)C3)nn2)c1. The molecule has 1 aromatic heterocycles. The van der Waals surface area contributed by atoms with Gasteiger partial charge in [0.2, 0.25) is 0 Å². The molecular weight excluding hydrogens is 284 g/mol. The number of aromatic nitrogens is 2. The maximum absolute atomic E-state index is 4.45. The molecule has 2 aromatic rings. The zero-order valence-corrected chi connectivity index (χ0v) is 14.3. The normalized spacial score (nSPS) is 18.8. The Morgan fingerprint density at radius 2 is 2.13 bits per heavy atom. The Bertz CT molecular complexity index is 668. The van der Waals surface area contributed by atoms with E-state index in [0.717, 1.165) is 35.6 Å². The van der Waals surface area contributed by atoms with Crippen molar-refractivity contribution in [1.82, 2.24) is 15.1 Å². The highest BCUT2D eigenvalue weighted by atomic mass is 15.2. The van der Waals surface area contributed by atoms with Gasteiger partial charge in [-0.3, -0.25) is 0 Å². The van der Waals surface area contributed by atoms with Crippen molar-refractivity contribution in [3.05, 3.63) is 41.5 Å². The van der Waals surface area contributed by atoms with Crippen molar-refractivity contribution >= 4 is 5.82 Å². The number of rotatable bonds is 4. The molecule has 1 aliphatic heterocycles. The predicted molar refractivity (Wildman–Crippen MR) is 95.7 cm³/mol. The fraction of sp³-hybridized carbons (Fsp3) is 0.474. The van der Waals surface area contributed by atoms with Crippen LogP contribution in [-0.4, -0.2) is 41.3 Å². The van der Waals surface area contributed by atoms with Crippen LogP contribution in [0.15, 0.2) is 30.3 Å². The smallest absolute Gasteiger partial charge is 0.151 e. The van der Waals surface area contributed by atoms with Crippen molar-refractivity contribution in [1.29, 1.82) is 0 Å². The highest BCUT2D eigenvalue weighted by Crippen LogP contribution is 2.23. The van der Waals surface area contributed by atoms with Crippen molar-refractivity contribution in [2.45, 2.75) is 39.2 Å². The van der Waals surface area contributed by atoms with E-state index >= 15 is 0 Å². The molecule has 2 heterocycles. The average Bonchev–Trinajstić information content (AvgIpc) is 2.57. The van der Waals surface area contributed by atoms with Gasteiger partial charge < -0.3 is 10.2 Å². The first-order valence-electron chi connectivity index (χ1n) is 8.54. The molecule has 4 nitrogen and oxygen atoms in total. The summed E-state index contributed by atoms with van der Waals surface area (Å²) in [5.41, 5.74) is 4.58. The standard InChI is InChI=1S/C19H26N4/c1-4-15-7-5-8-16(12-15)18-11-14(2)19(22-21-18)20-17-9-6-10-23(3)13-17/h5,7-8,11-12,17H,4,6,9-10,13H2,1-3H3,(H,20,22)/t17-/m1/s1. The van der Waals surface area contributed by atoms with E-state index in [1.807, 2.05) is 0 Å². The minimum Gasteiger partial charge on any atom is -0.364 e. The monoisotopic (exact) mass is 310 g/mol. The van der Waals surface area contributed by atoms with Crippen molar-refractivity contribution in [3.63, 3.8) is 0 Å². The van der Waals surface area contributed by atoms with Crippen molar-refractivity contribution in [2.24, 2.45) is 0 Å². The van der Waals surface area contributed by atoms with Gasteiger partial charge in [-0.2, -0.15) is 0 Å². The molecule has 23 heavy (non-hydrogen) atoms. The van der Waals surface area contributed by atoms with Crippen LogP contribution in [0.5, 0.6) is 0 Å². The second-order valence-electron chi connectivity index (χ2n) is 6.56. The van der Waals surface area contributed by atoms with E-state index in [1.54, 1.807) is 0 Å². The molecule has 0 amide bonds. The van der Waals surface area contributed by atoms with Crippen LogP contribution >= 0.6 is 0 Å². The predicted octanol–water partition coefficient (Wildman–Crippen LogP) is 3.52. The van der Waals surface area contributed by atoms with Gasteiger partial charge in [0.15, 0.2) is 5.82 Å². The fourth-order valence-electron chi connectivity index (χ4n) is 3.20. The lowest BCUT2D eigenvalue weighted by molar-refractivity contribution is 0.260. The summed E-state index contributed by atoms with van der Waals surface area (Å²) in [7, 11) is 2.18. The average molecular weight is 310 g/mol. The van der Waals surface area contributed by atoms with Crippen LogP contribution in [-0.2, 0) is 6.42 Å². The van der Waals surface area contributed by atoms with Gasteiger partial charge in [-0.15, -0.1) is 10.2 Å². The molecule has 0 aliphatic carbocycles. The van der Waals surface area contributed by atoms with Crippen molar-refractivity contribution in [2.75, 3.05) is 25.5 Å². The Hall–Kier alpha value is -1.94. The van der Waals surface area contributed by atoms with Gasteiger partial charge in [0.25, 0.3) is 0 Å². The molecule has 1 N–H and O–H groups in total. The van der Waals surface area contributed by atoms with E-state index < -0.39 is 0 Å². The molecule has 0 unspecified atom stereocenters. The molecule has 1 atom stereocenters. The highest BCUT2D eigenvalue weighted by molar-refractivity contribution is 5.62. The lowest BCUT2D eigenvalue weighted by atomic mass is 10.0. The zero-order valence-electron chi connectivity index (χ0n) is 14.3. The largest absolute Gasteiger partial charge is 0.364 e. The van der Waals surface area contributed by atoms with Gasteiger partial charge in [0, 0.05) is 18.2 Å². The number of benzene rings is 1. The molecule has 0 bridgehead atoms. The number of likely N-dealkylation sites (N-methyl/N-ethyl adjacent to an activating group) is 1. The van der Waals surface area contributed by atoms with Crippen LogP contribution in [0, 0.1) is 6.92 Å². The molecule has 0 radical (unpaired) electrons. The van der Waals surface area contributed by atoms with E-state index in [1.165, 1.54) is 24.9 Å². The minimum atomic E-state index is 0.469. The zero-order chi connectivity index (χ0) is 16.2. The number of nitrogens with one attached hydrogen (secondary N) is 1. The number of aryl methyl sites for hydroxylation is 2. The number of piperidine rings is 1. The van der Waals surface area contributed by atoms with Crippen LogP contribution in [0.2, 0.25) is 0 Å². The van der Waals surface area contributed by atoms with Crippen LogP contribution < -0.4 is 5.32 Å². The van der Waals surface area contributed by atoms with Crippen LogP contribution in [0.4, 0.5) is 5.82 Å². The first kappa shape index (κ1) is 15.9. The Kier molecular flexibility index (Phi) is 4.91. The van der Waals surface area contributed by atoms with Crippen molar-refractivity contribution in [3.8, 4) is 11.3 Å². The highest BCUT2D eigenvalue weighted by Gasteiger charge is 2.18. The molecule has 0 spiro atoms. The summed E-state index contributed by atoms with van der Waals surface area (Å²) in [4.78, 5) is 2.37. The minimum absolute atomic E-state index is 0.469. The third kappa shape index (κ3) is 3.88. The number of likely N-dealkylation sites (tertiary alicyclic amines) is 1. The van der Waals surface area contributed by atoms with Gasteiger partial charge in [-0.05, 0) is 63.0 Å². The summed E-state index contributed by atoms with van der Waals surface area (Å²) in [6.45, 7) is 6.54. The van der Waals surface area contributed by atoms with Crippen LogP contribution in [0.3, 0.4) is 0 Å². The fourth-order valence-corrected chi connectivity index (χ4v) is 3.20. The number of hydrogen-bond acceptors (Lipinski definition) is 4. The Morgan fingerprint density at radius 3 is 2.87 bits per heavy atom. The third-order valence-corrected chi connectivity index (χ3v) is 4.58. The Balaban J connectivity index is 1.77. The van der Waals surface area contributed by atoms with E-state index in [9.17, 15) is 0 Å². The maximum Gasteiger partial charge on any atom is 0.151 e. The molecule has 0 saturated carbocycles. The van der Waals surface area contributed by atoms with Gasteiger partial charge in [-0.1, -0.05) is 25.1 Å². The van der Waals surface area contributed by atoms with E-state index in [0.29, 0.717) is 6.04 Å². The van der Waals surface area contributed by atoms with Crippen molar-refractivity contribution < 1.29 is 0 Å². The molecular formula is C19H26N4. The summed E-state index contributed by atoms with van der Waals surface area (Å²) in [5.74, 6) is 0.917. The lowest BCUT2D eigenvalue weighted by Crippen LogP contribution is -2.40. The summed E-state index contributed by atoms with van der Waals surface area (Å²) in [5, 5.41) is 12.5. The van der Waals surface area contributed by atoms with E-state index in [4.69, 9.17) is 0 Å². The molecule has 1 aromatic carbocycles. The first-order chi connectivity index (χ1) is 11.2. The second-order valence-corrected chi connectivity index (χ2v) is 6.56. The summed E-state index contributed by atoms with van der Waals surface area (Å²) >= 11 is 0. The van der Waals surface area contributed by atoms with Gasteiger partial charge in [0.05, 0.1) is 5.69 Å². The van der Waals surface area contributed by atoms with E-state index in [-0.39, 0.29) is 0 Å². The lowest BCUT2D eigenvalue weighted by Gasteiger charge is -2.30. The molecule has 4 heteroatoms. The van der Waals surface area contributed by atoms with Crippen LogP contribution in [0.1, 0.15) is 30.9 Å². The van der Waals surface area contributed by atoms with Crippen LogP contribution in [0.25, 0.3) is 11.3 Å². The number of hydrogen-bond donors (Lipinski definition) is 1. The molecule has 122 valence electrons. The molecule has 1 aliphatic rings. The molecule has 1 fully saturated rings. The molecule has 1 saturated heterocycles. The number of nitrogens with zero attached hydrogens (tertiary/aromatic N) is 3. The Labute approximate surface area is 138 Å². The quantitative estimate of drug-likeness (QED) is 0.938. The maximum atomic E-state index is 4.45. The topological polar surface area (TPSA) is 41.0 Å². The van der Waals surface area contributed by atoms with E-state index in [2.05, 4.69) is 71.6 Å². The van der Waals surface area contributed by atoms with Gasteiger partial charge >= 0.3 is 0 Å². The summed E-state index contributed by atoms with van der Waals surface area (Å²) < 4.78 is 0. The Morgan fingerprint density at radius 1 is 1.26 bits per heavy atom. The number of anilines is 1. The van der Waals surface area contributed by atoms with Gasteiger partial charge in [0.1, 0.15) is 0 Å².